The molecule has 0 bridgehead atoms. The number of amides is 3. The Hall–Kier alpha value is -3.79. The van der Waals surface area contributed by atoms with Crippen LogP contribution < -0.4 is 15.2 Å². The van der Waals surface area contributed by atoms with Crippen LogP contribution in [0.2, 0.25) is 0 Å². The number of hydrogen-bond acceptors (Lipinski definition) is 12. The number of hydrogen-bond donors (Lipinski definition) is 1. The highest BCUT2D eigenvalue weighted by molar-refractivity contribution is 7.99. The van der Waals surface area contributed by atoms with Gasteiger partial charge in [-0.05, 0) is 90.1 Å². The molecule has 50 heavy (non-hydrogen) atoms. The zero-order chi connectivity index (χ0) is 37.9. The molecule has 3 amide bonds. The molecule has 2 N–H and O–H groups in total. The third-order valence-corrected chi connectivity index (χ3v) is 8.07. The number of methoxy groups -OCH3 is 1. The SMILES string of the molecule is CN(C=O)CC(=O)Oc1ccc(SCCN(CCSc2ccc(OC(=O)CN(C)C(=O)OC(C)(C)C)cc2)CC(N)=O)cc1.COC(C)(C)C. The number of rotatable bonds is 17. The molecule has 0 aliphatic rings. The summed E-state index contributed by atoms with van der Waals surface area (Å²) in [5.41, 5.74) is 4.84. The van der Waals surface area contributed by atoms with Gasteiger partial charge in [0, 0.05) is 55.6 Å². The number of nitrogens with zero attached hydrogens (tertiary/aromatic N) is 3. The second-order valence-corrected chi connectivity index (χ2v) is 15.3. The fourth-order valence-electron chi connectivity index (χ4n) is 3.45. The van der Waals surface area contributed by atoms with Crippen molar-refractivity contribution < 1.29 is 42.9 Å². The zero-order valence-electron chi connectivity index (χ0n) is 30.6. The molecular formula is C35H52N4O9S2. The van der Waals surface area contributed by atoms with Gasteiger partial charge in [-0.2, -0.15) is 0 Å². The van der Waals surface area contributed by atoms with Crippen molar-refractivity contribution in [1.82, 2.24) is 14.7 Å². The average molecular weight is 737 g/mol. The van der Waals surface area contributed by atoms with Crippen LogP contribution in [0.4, 0.5) is 4.79 Å². The van der Waals surface area contributed by atoms with Crippen molar-refractivity contribution in [2.24, 2.45) is 5.73 Å². The maximum absolute atomic E-state index is 12.2. The van der Waals surface area contributed by atoms with Gasteiger partial charge in [0.05, 0.1) is 12.1 Å². The van der Waals surface area contributed by atoms with E-state index in [1.807, 2.05) is 49.9 Å². The van der Waals surface area contributed by atoms with Crippen molar-refractivity contribution >= 4 is 53.9 Å². The predicted molar refractivity (Wildman–Crippen MR) is 196 cm³/mol. The highest BCUT2D eigenvalue weighted by Gasteiger charge is 2.22. The molecule has 278 valence electrons. The Morgan fingerprint density at radius 3 is 1.50 bits per heavy atom. The second kappa shape index (κ2) is 22.1. The number of thioether (sulfide) groups is 2. The second-order valence-electron chi connectivity index (χ2n) is 13.0. The van der Waals surface area contributed by atoms with Crippen molar-refractivity contribution in [3.63, 3.8) is 0 Å². The van der Waals surface area contributed by atoms with E-state index < -0.39 is 29.5 Å². The Bertz CT molecular complexity index is 1360. The smallest absolute Gasteiger partial charge is 0.410 e. The fourth-order valence-corrected chi connectivity index (χ4v) is 5.28. The van der Waals surface area contributed by atoms with E-state index in [1.54, 1.807) is 75.7 Å². The Labute approximate surface area is 304 Å². The molecule has 0 unspecified atom stereocenters. The minimum atomic E-state index is -0.663. The Morgan fingerprint density at radius 1 is 0.720 bits per heavy atom. The van der Waals surface area contributed by atoms with Crippen LogP contribution in [0.1, 0.15) is 41.5 Å². The van der Waals surface area contributed by atoms with Crippen LogP contribution in [-0.4, -0.2) is 122 Å². The number of primary amides is 1. The first-order valence-corrected chi connectivity index (χ1v) is 17.8. The molecule has 0 aliphatic heterocycles. The van der Waals surface area contributed by atoms with Crippen LogP contribution in [0.15, 0.2) is 58.3 Å². The van der Waals surface area contributed by atoms with E-state index in [0.29, 0.717) is 42.5 Å². The van der Waals surface area contributed by atoms with Gasteiger partial charge in [0.15, 0.2) is 0 Å². The highest BCUT2D eigenvalue weighted by Crippen LogP contribution is 2.23. The predicted octanol–water partition coefficient (Wildman–Crippen LogP) is 4.56. The molecular weight excluding hydrogens is 685 g/mol. The lowest BCUT2D eigenvalue weighted by Gasteiger charge is -2.24. The van der Waals surface area contributed by atoms with Crippen LogP contribution in [0.25, 0.3) is 0 Å². The summed E-state index contributed by atoms with van der Waals surface area (Å²) in [6.07, 6.45) is -0.0565. The molecule has 0 heterocycles. The van der Waals surface area contributed by atoms with E-state index in [2.05, 4.69) is 0 Å². The van der Waals surface area contributed by atoms with Crippen molar-refractivity contribution in [3.05, 3.63) is 48.5 Å². The number of ether oxygens (including phenoxy) is 4. The third-order valence-electron chi connectivity index (χ3n) is 6.09. The lowest BCUT2D eigenvalue weighted by Crippen LogP contribution is -2.38. The maximum Gasteiger partial charge on any atom is 0.410 e. The Morgan fingerprint density at radius 2 is 1.14 bits per heavy atom. The van der Waals surface area contributed by atoms with Crippen molar-refractivity contribution in [2.45, 2.75) is 62.5 Å². The molecule has 0 fully saturated rings. The van der Waals surface area contributed by atoms with E-state index in [9.17, 15) is 24.0 Å². The Kier molecular flexibility index (Phi) is 19.6. The summed E-state index contributed by atoms with van der Waals surface area (Å²) < 4.78 is 20.7. The first kappa shape index (κ1) is 44.2. The van der Waals surface area contributed by atoms with Gasteiger partial charge >= 0.3 is 18.0 Å². The van der Waals surface area contributed by atoms with Gasteiger partial charge in [-0.3, -0.25) is 14.5 Å². The number of benzene rings is 2. The molecule has 0 saturated heterocycles. The number of carbonyl (C=O) groups is 5. The lowest BCUT2D eigenvalue weighted by atomic mass is 10.2. The first-order valence-electron chi connectivity index (χ1n) is 15.8. The summed E-state index contributed by atoms with van der Waals surface area (Å²) in [7, 11) is 4.67. The van der Waals surface area contributed by atoms with Gasteiger partial charge < -0.3 is 34.5 Å². The number of esters is 2. The summed E-state index contributed by atoms with van der Waals surface area (Å²) in [6, 6.07) is 14.1. The summed E-state index contributed by atoms with van der Waals surface area (Å²) in [6.45, 7) is 12.3. The summed E-state index contributed by atoms with van der Waals surface area (Å²) in [5.74, 6) is 0.650. The first-order chi connectivity index (χ1) is 23.3. The van der Waals surface area contributed by atoms with Gasteiger partial charge in [0.2, 0.25) is 12.3 Å². The van der Waals surface area contributed by atoms with Crippen molar-refractivity contribution in [1.29, 1.82) is 0 Å². The maximum atomic E-state index is 12.2. The lowest BCUT2D eigenvalue weighted by molar-refractivity contribution is -0.137. The zero-order valence-corrected chi connectivity index (χ0v) is 32.2. The van der Waals surface area contributed by atoms with Gasteiger partial charge in [-0.25, -0.2) is 14.4 Å². The molecule has 2 aromatic rings. The molecule has 0 aromatic heterocycles. The number of nitrogens with two attached hydrogens (primary N) is 1. The highest BCUT2D eigenvalue weighted by atomic mass is 32.2. The quantitative estimate of drug-likeness (QED) is 0.105. The third kappa shape index (κ3) is 21.3. The van der Waals surface area contributed by atoms with E-state index in [0.717, 1.165) is 14.7 Å². The van der Waals surface area contributed by atoms with E-state index >= 15 is 0 Å². The van der Waals surface area contributed by atoms with Gasteiger partial charge in [0.1, 0.15) is 30.2 Å². The molecule has 2 aromatic carbocycles. The van der Waals surface area contributed by atoms with E-state index in [4.69, 9.17) is 24.7 Å². The fraction of sp³-hybridized carbons (Fsp3) is 0.514. The monoisotopic (exact) mass is 736 g/mol. The van der Waals surface area contributed by atoms with Gasteiger partial charge in [-0.15, -0.1) is 23.5 Å². The molecule has 0 saturated carbocycles. The van der Waals surface area contributed by atoms with Crippen LogP contribution in [0.5, 0.6) is 11.5 Å². The van der Waals surface area contributed by atoms with Crippen LogP contribution in [0, 0.1) is 0 Å². The van der Waals surface area contributed by atoms with E-state index in [1.165, 1.54) is 19.0 Å². The largest absolute Gasteiger partial charge is 0.444 e. The van der Waals surface area contributed by atoms with Crippen LogP contribution in [-0.2, 0) is 28.7 Å². The number of carbonyl (C=O) groups excluding carboxylic acids is 5. The normalized spacial score (nSPS) is 11.2. The number of likely N-dealkylation sites (N-methyl/N-ethyl adjacent to an activating group) is 2. The summed E-state index contributed by atoms with van der Waals surface area (Å²) >= 11 is 3.19. The minimum absolute atomic E-state index is 0.0417. The molecule has 0 spiro atoms. The standard InChI is InChI=1S/C30H40N4O8S2.C5H12O/c1-30(2,3)42-29(39)33(5)20-28(38)41-23-8-12-25(13-9-23)44-17-15-34(18-26(31)36)14-16-43-24-10-6-22(7-11-24)40-27(37)19-32(4)21-35;1-5(2,3)6-4/h6-13,21H,14-20H2,1-5H3,(H2,31,36);1-4H3. The molecule has 0 radical (unpaired) electrons. The average Bonchev–Trinajstić information content (AvgIpc) is 3.01. The summed E-state index contributed by atoms with van der Waals surface area (Å²) in [4.78, 5) is 64.6. The molecule has 0 atom stereocenters. The Balaban J connectivity index is 0.00000190. The van der Waals surface area contributed by atoms with Crippen molar-refractivity contribution in [3.8, 4) is 11.5 Å². The molecule has 15 heteroatoms. The van der Waals surface area contributed by atoms with Gasteiger partial charge in [-0.1, -0.05) is 0 Å². The van der Waals surface area contributed by atoms with E-state index in [-0.39, 0.29) is 25.2 Å². The van der Waals surface area contributed by atoms with Crippen molar-refractivity contribution in [2.75, 3.05) is 65.4 Å². The van der Waals surface area contributed by atoms with Gasteiger partial charge in [0.25, 0.3) is 0 Å². The molecule has 13 nitrogen and oxygen atoms in total. The summed E-state index contributed by atoms with van der Waals surface area (Å²) in [5, 5.41) is 0. The topological polar surface area (TPSA) is 158 Å². The molecule has 2 rings (SSSR count). The van der Waals surface area contributed by atoms with Crippen LogP contribution in [0.3, 0.4) is 0 Å². The van der Waals surface area contributed by atoms with Crippen LogP contribution >= 0.6 is 23.5 Å². The molecule has 0 aliphatic carbocycles. The minimum Gasteiger partial charge on any atom is -0.444 e.